The smallest absolute Gasteiger partial charge is 0.325 e. The van der Waals surface area contributed by atoms with Crippen molar-refractivity contribution in [1.82, 2.24) is 15.1 Å². The fourth-order valence-corrected chi connectivity index (χ4v) is 4.58. The number of carbonyl (C=O) groups excluding carboxylic acids is 3. The number of para-hydroxylation sites is 2. The number of nitrogens with zero attached hydrogens (tertiary/aromatic N) is 2. The van der Waals surface area contributed by atoms with Gasteiger partial charge in [-0.25, -0.2) is 9.18 Å². The Balaban J connectivity index is 1.33. The van der Waals surface area contributed by atoms with Gasteiger partial charge in [0.15, 0.2) is 18.1 Å². The molecule has 4 amide bonds. The van der Waals surface area contributed by atoms with Crippen LogP contribution in [0.3, 0.4) is 0 Å². The third-order valence-electron chi connectivity index (χ3n) is 6.64. The number of rotatable bonds is 7. The van der Waals surface area contributed by atoms with E-state index in [1.54, 1.807) is 49.3 Å². The third-order valence-corrected chi connectivity index (χ3v) is 6.64. The molecule has 1 atom stereocenters. The maximum Gasteiger partial charge on any atom is 0.325 e. The van der Waals surface area contributed by atoms with Gasteiger partial charge in [0.1, 0.15) is 11.4 Å². The topological polar surface area (TPSA) is 88.2 Å². The number of piperidine rings is 1. The van der Waals surface area contributed by atoms with E-state index in [0.717, 1.165) is 0 Å². The summed E-state index contributed by atoms with van der Waals surface area (Å²) >= 11 is 0. The number of urea groups is 1. The molecule has 0 saturated carbocycles. The van der Waals surface area contributed by atoms with E-state index in [1.807, 2.05) is 6.07 Å². The normalized spacial score (nSPS) is 20.9. The number of amides is 4. The number of carbonyl (C=O) groups is 3. The Hall–Kier alpha value is -3.62. The molecule has 2 aliphatic heterocycles. The Labute approximate surface area is 197 Å². The van der Waals surface area contributed by atoms with E-state index in [9.17, 15) is 18.8 Å². The molecule has 8 nitrogen and oxygen atoms in total. The lowest BCUT2D eigenvalue weighted by atomic mass is 9.79. The van der Waals surface area contributed by atoms with E-state index < -0.39 is 11.6 Å². The number of benzene rings is 2. The molecule has 34 heavy (non-hydrogen) atoms. The highest BCUT2D eigenvalue weighted by Crippen LogP contribution is 2.34. The number of imide groups is 1. The first-order chi connectivity index (χ1) is 16.3. The Morgan fingerprint density at radius 1 is 1.09 bits per heavy atom. The minimum absolute atomic E-state index is 0.0815. The fraction of sp³-hybridized carbons (Fsp3) is 0.400. The second kappa shape index (κ2) is 9.70. The minimum Gasteiger partial charge on any atom is -0.493 e. The Kier molecular flexibility index (Phi) is 6.72. The van der Waals surface area contributed by atoms with Crippen molar-refractivity contribution in [3.63, 3.8) is 0 Å². The van der Waals surface area contributed by atoms with Crippen LogP contribution in [0.1, 0.15) is 25.3 Å². The average molecular weight is 470 g/mol. The zero-order valence-corrected chi connectivity index (χ0v) is 19.3. The second-order valence-corrected chi connectivity index (χ2v) is 8.74. The van der Waals surface area contributed by atoms with Gasteiger partial charge < -0.3 is 19.7 Å². The van der Waals surface area contributed by atoms with Crippen molar-refractivity contribution < 1.29 is 28.2 Å². The molecule has 0 radical (unpaired) electrons. The van der Waals surface area contributed by atoms with Crippen LogP contribution in [0.15, 0.2) is 48.5 Å². The summed E-state index contributed by atoms with van der Waals surface area (Å²) in [6, 6.07) is 12.4. The fourth-order valence-electron chi connectivity index (χ4n) is 4.58. The summed E-state index contributed by atoms with van der Waals surface area (Å²) < 4.78 is 24.1. The molecule has 2 saturated heterocycles. The molecule has 2 heterocycles. The first-order valence-electron chi connectivity index (χ1n) is 11.2. The number of methoxy groups -OCH3 is 1. The molecule has 2 aromatic carbocycles. The van der Waals surface area contributed by atoms with E-state index in [1.165, 1.54) is 17.0 Å². The maximum atomic E-state index is 13.2. The highest BCUT2D eigenvalue weighted by Gasteiger charge is 2.52. The van der Waals surface area contributed by atoms with Gasteiger partial charge in [-0.15, -0.1) is 0 Å². The standard InChI is InChI=1S/C25H28FN3O5/c1-25(23(31)29(24(32)27-25)15-17-7-9-19(26)10-8-17)18-11-13-28(14-12-18)22(30)16-34-21-6-4-3-5-20(21)33-2/h3-10,18H,11-16H2,1-2H3,(H,27,32)/t25-/m0/s1. The number of ether oxygens (including phenoxy) is 2. The van der Waals surface area contributed by atoms with E-state index in [4.69, 9.17) is 9.47 Å². The molecule has 9 heteroatoms. The van der Waals surface area contributed by atoms with Crippen LogP contribution in [0.2, 0.25) is 0 Å². The summed E-state index contributed by atoms with van der Waals surface area (Å²) in [5.74, 6) is 0.131. The van der Waals surface area contributed by atoms with Crippen LogP contribution < -0.4 is 14.8 Å². The van der Waals surface area contributed by atoms with E-state index in [-0.39, 0.29) is 36.7 Å². The van der Waals surface area contributed by atoms with Crippen molar-refractivity contribution in [3.8, 4) is 11.5 Å². The molecule has 2 aromatic rings. The van der Waals surface area contributed by atoms with Crippen LogP contribution in [-0.2, 0) is 16.1 Å². The van der Waals surface area contributed by atoms with Crippen molar-refractivity contribution in [2.45, 2.75) is 31.8 Å². The molecule has 0 bridgehead atoms. The predicted molar refractivity (Wildman–Crippen MR) is 122 cm³/mol. The van der Waals surface area contributed by atoms with E-state index >= 15 is 0 Å². The monoisotopic (exact) mass is 469 g/mol. The largest absolute Gasteiger partial charge is 0.493 e. The molecule has 180 valence electrons. The summed E-state index contributed by atoms with van der Waals surface area (Å²) in [6.45, 7) is 2.65. The lowest BCUT2D eigenvalue weighted by Crippen LogP contribution is -2.54. The van der Waals surface area contributed by atoms with Crippen LogP contribution in [0, 0.1) is 11.7 Å². The zero-order valence-electron chi connectivity index (χ0n) is 19.3. The average Bonchev–Trinajstić information content (AvgIpc) is 3.07. The molecule has 2 aliphatic rings. The molecule has 0 unspecified atom stereocenters. The number of likely N-dealkylation sites (tertiary alicyclic amines) is 1. The number of halogens is 1. The molecule has 0 aromatic heterocycles. The summed E-state index contributed by atoms with van der Waals surface area (Å²) in [7, 11) is 1.54. The van der Waals surface area contributed by atoms with Gasteiger partial charge in [-0.3, -0.25) is 14.5 Å². The van der Waals surface area contributed by atoms with Gasteiger partial charge in [0.2, 0.25) is 0 Å². The summed E-state index contributed by atoms with van der Waals surface area (Å²) in [4.78, 5) is 41.3. The quantitative estimate of drug-likeness (QED) is 0.630. The van der Waals surface area contributed by atoms with Crippen molar-refractivity contribution in [1.29, 1.82) is 0 Å². The second-order valence-electron chi connectivity index (χ2n) is 8.74. The van der Waals surface area contributed by atoms with Gasteiger partial charge >= 0.3 is 6.03 Å². The van der Waals surface area contributed by atoms with E-state index in [2.05, 4.69) is 5.32 Å². The van der Waals surface area contributed by atoms with Gasteiger partial charge in [-0.05, 0) is 55.5 Å². The Morgan fingerprint density at radius 2 is 1.74 bits per heavy atom. The van der Waals surface area contributed by atoms with Gasteiger partial charge in [-0.2, -0.15) is 0 Å². The molecule has 2 fully saturated rings. The molecular formula is C25H28FN3O5. The predicted octanol–water partition coefficient (Wildman–Crippen LogP) is 2.96. The van der Waals surface area contributed by atoms with Crippen molar-refractivity contribution >= 4 is 17.8 Å². The van der Waals surface area contributed by atoms with Crippen LogP contribution in [0.4, 0.5) is 9.18 Å². The van der Waals surface area contributed by atoms with Crippen molar-refractivity contribution in [2.75, 3.05) is 26.8 Å². The molecule has 1 N–H and O–H groups in total. The van der Waals surface area contributed by atoms with Gasteiger partial charge in [-0.1, -0.05) is 24.3 Å². The first kappa shape index (κ1) is 23.5. The van der Waals surface area contributed by atoms with Gasteiger partial charge in [0.05, 0.1) is 13.7 Å². The van der Waals surface area contributed by atoms with Crippen LogP contribution >= 0.6 is 0 Å². The Morgan fingerprint density at radius 3 is 2.38 bits per heavy atom. The SMILES string of the molecule is COc1ccccc1OCC(=O)N1CCC([C@]2(C)NC(=O)N(Cc3ccc(F)cc3)C2=O)CC1. The van der Waals surface area contributed by atoms with Crippen LogP contribution in [0.25, 0.3) is 0 Å². The summed E-state index contributed by atoms with van der Waals surface area (Å²) in [5, 5.41) is 2.86. The van der Waals surface area contributed by atoms with Gasteiger partial charge in [0, 0.05) is 13.1 Å². The zero-order chi connectivity index (χ0) is 24.3. The highest BCUT2D eigenvalue weighted by atomic mass is 19.1. The number of hydrogen-bond acceptors (Lipinski definition) is 5. The van der Waals surface area contributed by atoms with Gasteiger partial charge in [0.25, 0.3) is 11.8 Å². The Bertz CT molecular complexity index is 1070. The molecule has 4 rings (SSSR count). The highest BCUT2D eigenvalue weighted by molar-refractivity contribution is 6.07. The molecule has 0 spiro atoms. The van der Waals surface area contributed by atoms with Crippen molar-refractivity contribution in [3.05, 3.63) is 59.9 Å². The summed E-state index contributed by atoms with van der Waals surface area (Å²) in [6.07, 6.45) is 1.15. The maximum absolute atomic E-state index is 13.2. The summed E-state index contributed by atoms with van der Waals surface area (Å²) in [5.41, 5.74) is -0.371. The van der Waals surface area contributed by atoms with Crippen LogP contribution in [-0.4, -0.2) is 60.0 Å². The molecule has 0 aliphatic carbocycles. The minimum atomic E-state index is -1.04. The first-order valence-corrected chi connectivity index (χ1v) is 11.2. The number of hydrogen-bond donors (Lipinski definition) is 1. The van der Waals surface area contributed by atoms with E-state index in [0.29, 0.717) is 43.0 Å². The van der Waals surface area contributed by atoms with Crippen LogP contribution in [0.5, 0.6) is 11.5 Å². The lowest BCUT2D eigenvalue weighted by molar-refractivity contribution is -0.137. The third kappa shape index (κ3) is 4.69. The molecular weight excluding hydrogens is 441 g/mol. The number of nitrogens with one attached hydrogen (secondary N) is 1. The van der Waals surface area contributed by atoms with Crippen molar-refractivity contribution in [2.24, 2.45) is 5.92 Å². The lowest BCUT2D eigenvalue weighted by Gasteiger charge is -2.38.